The summed E-state index contributed by atoms with van der Waals surface area (Å²) in [5, 5.41) is 46.4. The van der Waals surface area contributed by atoms with Crippen LogP contribution in [0.2, 0.25) is 0 Å². The number of aromatic hydroxyl groups is 4. The second-order valence-electron chi connectivity index (χ2n) is 18.1. The van der Waals surface area contributed by atoms with E-state index in [1.165, 1.54) is 0 Å². The van der Waals surface area contributed by atoms with Crippen molar-refractivity contribution in [3.8, 4) is 23.0 Å². The first kappa shape index (κ1) is 32.1. The van der Waals surface area contributed by atoms with Crippen LogP contribution < -0.4 is 0 Å². The molecule has 2 aromatic carbocycles. The Hall–Kier alpha value is -2.44. The van der Waals surface area contributed by atoms with Crippen molar-refractivity contribution in [2.75, 3.05) is 0 Å². The van der Waals surface area contributed by atoms with Crippen LogP contribution in [-0.2, 0) is 20.3 Å². The summed E-state index contributed by atoms with van der Waals surface area (Å²) in [4.78, 5) is 0. The van der Waals surface area contributed by atoms with Gasteiger partial charge in [-0.2, -0.15) is 0 Å². The molecule has 4 aliphatic carbocycles. The third-order valence-corrected chi connectivity index (χ3v) is 13.6. The average molecular weight is 633 g/mol. The molecule has 46 heavy (non-hydrogen) atoms. The highest BCUT2D eigenvalue weighted by Crippen LogP contribution is 2.70. The zero-order valence-electron chi connectivity index (χ0n) is 29.6. The Balaban J connectivity index is 1.51. The Bertz CT molecular complexity index is 1470. The Labute approximate surface area is 275 Å². The van der Waals surface area contributed by atoms with Crippen LogP contribution in [0.4, 0.5) is 0 Å². The normalized spacial score (nSPS) is 37.0. The number of hydrogen-bond donors (Lipinski definition) is 4. The molecular weight excluding hydrogens is 576 g/mol. The van der Waals surface area contributed by atoms with Crippen LogP contribution in [0.15, 0.2) is 12.1 Å². The summed E-state index contributed by atoms with van der Waals surface area (Å²) in [5.74, 6) is 0.0924. The van der Waals surface area contributed by atoms with Crippen LogP contribution in [-0.4, -0.2) is 32.6 Å². The summed E-state index contributed by atoms with van der Waals surface area (Å²) in [6.45, 7) is 22.0. The highest BCUT2D eigenvalue weighted by atomic mass is 16.6. The van der Waals surface area contributed by atoms with Crippen molar-refractivity contribution in [1.29, 1.82) is 0 Å². The minimum Gasteiger partial charge on any atom is -0.504 e. The molecule has 0 amide bonds. The van der Waals surface area contributed by atoms with E-state index in [1.54, 1.807) is 0 Å². The van der Waals surface area contributed by atoms with E-state index >= 15 is 0 Å². The number of phenols is 4. The Morgan fingerprint density at radius 2 is 0.913 bits per heavy atom. The van der Waals surface area contributed by atoms with Gasteiger partial charge in [0.1, 0.15) is 12.2 Å². The Morgan fingerprint density at radius 1 is 0.565 bits per heavy atom. The Kier molecular flexibility index (Phi) is 7.01. The molecule has 0 radical (unpaired) electrons. The fourth-order valence-corrected chi connectivity index (χ4v) is 11.9. The first-order valence-electron chi connectivity index (χ1n) is 17.9. The van der Waals surface area contributed by atoms with Gasteiger partial charge in [0.05, 0.1) is 12.2 Å². The van der Waals surface area contributed by atoms with E-state index in [0.29, 0.717) is 0 Å². The predicted molar refractivity (Wildman–Crippen MR) is 180 cm³/mol. The maximum Gasteiger partial charge on any atom is 0.161 e. The van der Waals surface area contributed by atoms with Gasteiger partial charge in [-0.05, 0) is 71.6 Å². The summed E-state index contributed by atoms with van der Waals surface area (Å²) < 4.78 is 15.1. The molecule has 6 heteroatoms. The lowest BCUT2D eigenvalue weighted by molar-refractivity contribution is -0.297. The number of hydrogen-bond acceptors (Lipinski definition) is 6. The van der Waals surface area contributed by atoms with Gasteiger partial charge in [-0.15, -0.1) is 0 Å². The summed E-state index contributed by atoms with van der Waals surface area (Å²) in [6, 6.07) is 4.20. The summed E-state index contributed by atoms with van der Waals surface area (Å²) in [7, 11) is 0. The molecule has 1 heterocycles. The lowest BCUT2D eigenvalue weighted by Gasteiger charge is -2.65. The summed E-state index contributed by atoms with van der Waals surface area (Å²) in [5.41, 5.74) is 3.96. The van der Waals surface area contributed by atoms with Gasteiger partial charge in [0.2, 0.25) is 0 Å². The molecule has 7 rings (SSSR count). The van der Waals surface area contributed by atoms with Crippen molar-refractivity contribution < 1.29 is 29.9 Å². The topological polar surface area (TPSA) is 99.4 Å². The van der Waals surface area contributed by atoms with Crippen LogP contribution in [0.25, 0.3) is 0 Å². The third kappa shape index (κ3) is 4.07. The molecule has 5 aliphatic rings. The molecule has 8 atom stereocenters. The molecule has 1 saturated heterocycles. The van der Waals surface area contributed by atoms with Gasteiger partial charge in [-0.25, -0.2) is 0 Å². The smallest absolute Gasteiger partial charge is 0.161 e. The first-order chi connectivity index (χ1) is 21.4. The maximum atomic E-state index is 11.9. The van der Waals surface area contributed by atoms with Gasteiger partial charge >= 0.3 is 0 Å². The minimum absolute atomic E-state index is 0.00533. The molecule has 3 fully saturated rings. The molecule has 0 spiro atoms. The van der Waals surface area contributed by atoms with Gasteiger partial charge < -0.3 is 29.9 Å². The molecule has 6 nitrogen and oxygen atoms in total. The molecule has 1 aliphatic heterocycles. The van der Waals surface area contributed by atoms with Crippen LogP contribution >= 0.6 is 0 Å². The zero-order valence-corrected chi connectivity index (χ0v) is 29.6. The Morgan fingerprint density at radius 3 is 1.24 bits per heavy atom. The van der Waals surface area contributed by atoms with Gasteiger partial charge in [-0.1, -0.05) is 82.1 Å². The van der Waals surface area contributed by atoms with Crippen molar-refractivity contribution in [3.63, 3.8) is 0 Å². The zero-order chi connectivity index (χ0) is 33.5. The number of fused-ring (bicyclic) bond motifs is 12. The molecule has 4 N–H and O–H groups in total. The van der Waals surface area contributed by atoms with E-state index in [0.717, 1.165) is 71.9 Å². The van der Waals surface area contributed by atoms with Crippen LogP contribution in [0, 0.1) is 22.7 Å². The van der Waals surface area contributed by atoms with E-state index < -0.39 is 23.0 Å². The second-order valence-corrected chi connectivity index (χ2v) is 18.1. The summed E-state index contributed by atoms with van der Waals surface area (Å²) >= 11 is 0. The van der Waals surface area contributed by atoms with Crippen molar-refractivity contribution in [2.24, 2.45) is 22.7 Å². The quantitative estimate of drug-likeness (QED) is 0.246. The van der Waals surface area contributed by atoms with Gasteiger partial charge in [0.15, 0.2) is 23.0 Å². The maximum absolute atomic E-state index is 11.9. The van der Waals surface area contributed by atoms with Crippen molar-refractivity contribution in [3.05, 3.63) is 45.5 Å². The van der Waals surface area contributed by atoms with E-state index in [2.05, 4.69) is 53.7 Å². The molecule has 2 saturated carbocycles. The number of phenolic OH excluding ortho intramolecular Hbond substituents is 4. The van der Waals surface area contributed by atoms with Crippen molar-refractivity contribution in [2.45, 2.75) is 155 Å². The van der Waals surface area contributed by atoms with Crippen molar-refractivity contribution >= 4 is 0 Å². The molecular formula is C40H56O6. The fourth-order valence-electron chi connectivity index (χ4n) is 11.9. The van der Waals surface area contributed by atoms with E-state index in [1.807, 2.05) is 27.7 Å². The molecule has 0 bridgehead atoms. The van der Waals surface area contributed by atoms with Gasteiger partial charge in [0, 0.05) is 44.9 Å². The van der Waals surface area contributed by atoms with Crippen molar-refractivity contribution in [1.82, 2.24) is 0 Å². The number of rotatable bonds is 2. The van der Waals surface area contributed by atoms with Gasteiger partial charge in [0.25, 0.3) is 0 Å². The molecule has 252 valence electrons. The lowest BCUT2D eigenvalue weighted by atomic mass is 9.47. The summed E-state index contributed by atoms with van der Waals surface area (Å²) in [6.07, 6.45) is 4.51. The minimum atomic E-state index is -0.429. The standard InChI is InChI=1S/C40H56O6/c1-19(2)21-17-23-25(29(43)27(21)41)39(9)15-11-13-37(5,6)35(39)33-31(23)45-34-32(46-33)24-18-22(20(3)4)28(42)30(44)26(24)40(10)16-12-14-38(7,8)36(34)40/h17-20,31-36,41-44H,11-16H2,1-10H3/t31-,32?,33+,34+,35+,36+,39-,40-/m1/s1. The first-order valence-corrected chi connectivity index (χ1v) is 17.9. The highest BCUT2D eigenvalue weighted by Gasteiger charge is 2.66. The average Bonchev–Trinajstić information content (AvgIpc) is 2.94. The van der Waals surface area contributed by atoms with Crippen LogP contribution in [0.3, 0.4) is 0 Å². The largest absolute Gasteiger partial charge is 0.504 e. The third-order valence-electron chi connectivity index (χ3n) is 13.6. The lowest BCUT2D eigenvalue weighted by Crippen LogP contribution is -2.64. The molecule has 2 aromatic rings. The van der Waals surface area contributed by atoms with Gasteiger partial charge in [-0.3, -0.25) is 0 Å². The van der Waals surface area contributed by atoms with E-state index in [-0.39, 0.29) is 69.7 Å². The fraction of sp³-hybridized carbons (Fsp3) is 0.700. The van der Waals surface area contributed by atoms with Crippen LogP contribution in [0.5, 0.6) is 23.0 Å². The highest BCUT2D eigenvalue weighted by molar-refractivity contribution is 5.62. The SMILES string of the molecule is CC(C)c1cc2c(c(O)c1O)[C@@]1(C)CCCC(C)(C)[C@@H]1[C@H]1OC3c4cc(C(C)C)c(O)c(O)c4[C@@]4(C)CCCC(C)(C)[C@@H]4[C@H]3O[C@H]21. The molecule has 0 aromatic heterocycles. The van der Waals surface area contributed by atoms with Crippen LogP contribution in [0.1, 0.15) is 165 Å². The van der Waals surface area contributed by atoms with E-state index in [4.69, 9.17) is 9.47 Å². The number of ether oxygens (including phenoxy) is 2. The predicted octanol–water partition coefficient (Wildman–Crippen LogP) is 9.52. The monoisotopic (exact) mass is 632 g/mol. The van der Waals surface area contributed by atoms with E-state index in [9.17, 15) is 20.4 Å². The second kappa shape index (κ2) is 10.0. The molecule has 1 unspecified atom stereocenters. The number of benzene rings is 2.